The van der Waals surface area contributed by atoms with Gasteiger partial charge in [0.25, 0.3) is 0 Å². The molecule has 0 aliphatic carbocycles. The third-order valence-corrected chi connectivity index (χ3v) is 5.92. The lowest BCUT2D eigenvalue weighted by Crippen LogP contribution is -2.52. The summed E-state index contributed by atoms with van der Waals surface area (Å²) in [4.78, 5) is 26.5. The van der Waals surface area contributed by atoms with E-state index in [1.807, 2.05) is 13.0 Å². The van der Waals surface area contributed by atoms with Crippen molar-refractivity contribution < 1.29 is 19.1 Å². The number of anilines is 2. The van der Waals surface area contributed by atoms with Crippen molar-refractivity contribution in [3.8, 4) is 11.5 Å². The van der Waals surface area contributed by atoms with Gasteiger partial charge >= 0.3 is 0 Å². The smallest absolute Gasteiger partial charge is 0.250 e. The van der Waals surface area contributed by atoms with Gasteiger partial charge in [-0.25, -0.2) is 0 Å². The van der Waals surface area contributed by atoms with E-state index in [0.717, 1.165) is 0 Å². The number of nitrogens with one attached hydrogen (secondary N) is 3. The molecule has 3 atom stereocenters. The van der Waals surface area contributed by atoms with Crippen LogP contribution in [0.25, 0.3) is 0 Å². The molecule has 0 saturated carbocycles. The number of rotatable bonds is 4. The van der Waals surface area contributed by atoms with E-state index < -0.39 is 11.5 Å². The van der Waals surface area contributed by atoms with E-state index in [0.29, 0.717) is 39.9 Å². The van der Waals surface area contributed by atoms with E-state index >= 15 is 0 Å². The summed E-state index contributed by atoms with van der Waals surface area (Å²) >= 11 is 6.29. The molecule has 3 unspecified atom stereocenters. The molecule has 2 heterocycles. The maximum absolute atomic E-state index is 13.4. The van der Waals surface area contributed by atoms with Crippen LogP contribution in [0.1, 0.15) is 18.9 Å². The standard InChI is InChI=1S/C21H22ClN3O4/c1-11-9-14(19(26)23-16-10-12(28-2)7-8-17(16)29-3)21(25-11)13-5-4-6-15(22)18(13)24-20(21)27/h4-8,10-11,14,25H,9H2,1-3H3,(H,23,26)(H,24,27). The minimum absolute atomic E-state index is 0.0337. The zero-order valence-corrected chi connectivity index (χ0v) is 17.1. The lowest BCUT2D eigenvalue weighted by Gasteiger charge is -2.29. The van der Waals surface area contributed by atoms with Crippen molar-refractivity contribution in [1.82, 2.24) is 5.32 Å². The predicted octanol–water partition coefficient (Wildman–Crippen LogP) is 3.14. The third-order valence-electron chi connectivity index (χ3n) is 5.60. The highest BCUT2D eigenvalue weighted by molar-refractivity contribution is 6.35. The highest BCUT2D eigenvalue weighted by atomic mass is 35.5. The van der Waals surface area contributed by atoms with Crippen LogP contribution in [0.15, 0.2) is 36.4 Å². The van der Waals surface area contributed by atoms with Crippen LogP contribution >= 0.6 is 11.6 Å². The third kappa shape index (κ3) is 3.01. The van der Waals surface area contributed by atoms with Crippen LogP contribution in [-0.4, -0.2) is 32.1 Å². The molecule has 1 spiro atoms. The van der Waals surface area contributed by atoms with Crippen molar-refractivity contribution in [3.05, 3.63) is 47.0 Å². The fourth-order valence-electron chi connectivity index (χ4n) is 4.32. The first-order chi connectivity index (χ1) is 13.9. The molecule has 29 heavy (non-hydrogen) atoms. The van der Waals surface area contributed by atoms with Crippen molar-refractivity contribution >= 4 is 34.8 Å². The fraction of sp³-hybridized carbons (Fsp3) is 0.333. The predicted molar refractivity (Wildman–Crippen MR) is 111 cm³/mol. The number of ether oxygens (including phenoxy) is 2. The molecular weight excluding hydrogens is 394 g/mol. The second-order valence-corrected chi connectivity index (χ2v) is 7.72. The number of halogens is 1. The molecule has 3 N–H and O–H groups in total. The first-order valence-electron chi connectivity index (χ1n) is 9.31. The zero-order chi connectivity index (χ0) is 20.8. The average molecular weight is 416 g/mol. The Morgan fingerprint density at radius 2 is 2.03 bits per heavy atom. The number of carbonyl (C=O) groups excluding carboxylic acids is 2. The SMILES string of the molecule is COc1ccc(OC)c(NC(=O)C2CC(C)NC23C(=O)Nc2c(Cl)cccc23)c1. The van der Waals surface area contributed by atoms with Gasteiger partial charge < -0.3 is 20.1 Å². The highest BCUT2D eigenvalue weighted by Gasteiger charge is 2.59. The summed E-state index contributed by atoms with van der Waals surface area (Å²) in [5.74, 6) is -0.0943. The zero-order valence-electron chi connectivity index (χ0n) is 16.3. The molecule has 8 heteroatoms. The van der Waals surface area contributed by atoms with Crippen molar-refractivity contribution in [1.29, 1.82) is 0 Å². The number of benzene rings is 2. The van der Waals surface area contributed by atoms with Crippen LogP contribution in [-0.2, 0) is 15.1 Å². The van der Waals surface area contributed by atoms with Gasteiger partial charge in [0, 0.05) is 17.7 Å². The van der Waals surface area contributed by atoms with E-state index in [1.165, 1.54) is 7.11 Å². The van der Waals surface area contributed by atoms with Crippen LogP contribution in [0.2, 0.25) is 5.02 Å². The topological polar surface area (TPSA) is 88.7 Å². The lowest BCUT2D eigenvalue weighted by atomic mass is 9.79. The summed E-state index contributed by atoms with van der Waals surface area (Å²) < 4.78 is 10.6. The molecule has 0 bridgehead atoms. The first kappa shape index (κ1) is 19.5. The Morgan fingerprint density at radius 3 is 2.76 bits per heavy atom. The number of hydrogen-bond acceptors (Lipinski definition) is 5. The second-order valence-electron chi connectivity index (χ2n) is 7.31. The van der Waals surface area contributed by atoms with E-state index in [2.05, 4.69) is 16.0 Å². The quantitative estimate of drug-likeness (QED) is 0.714. The first-order valence-corrected chi connectivity index (χ1v) is 9.69. The van der Waals surface area contributed by atoms with Crippen molar-refractivity contribution in [2.45, 2.75) is 24.9 Å². The minimum atomic E-state index is -1.17. The highest BCUT2D eigenvalue weighted by Crippen LogP contribution is 2.49. The van der Waals surface area contributed by atoms with E-state index in [9.17, 15) is 9.59 Å². The fourth-order valence-corrected chi connectivity index (χ4v) is 4.54. The largest absolute Gasteiger partial charge is 0.497 e. The van der Waals surface area contributed by atoms with Gasteiger partial charge in [0.2, 0.25) is 11.8 Å². The summed E-state index contributed by atoms with van der Waals surface area (Å²) in [5, 5.41) is 9.56. The molecule has 2 amide bonds. The van der Waals surface area contributed by atoms with Crippen LogP contribution in [0, 0.1) is 5.92 Å². The second kappa shape index (κ2) is 7.24. The van der Waals surface area contributed by atoms with Crippen LogP contribution in [0.3, 0.4) is 0 Å². The molecule has 152 valence electrons. The molecule has 4 rings (SSSR count). The Hall–Kier alpha value is -2.77. The minimum Gasteiger partial charge on any atom is -0.497 e. The van der Waals surface area contributed by atoms with Gasteiger partial charge in [-0.15, -0.1) is 0 Å². The molecule has 2 aromatic carbocycles. The Bertz CT molecular complexity index is 996. The van der Waals surface area contributed by atoms with Crippen molar-refractivity contribution in [2.75, 3.05) is 24.9 Å². The average Bonchev–Trinajstić information content (AvgIpc) is 3.21. The number of hydrogen-bond donors (Lipinski definition) is 3. The summed E-state index contributed by atoms with van der Waals surface area (Å²) in [5.41, 5.74) is 0.557. The van der Waals surface area contributed by atoms with E-state index in [-0.39, 0.29) is 17.9 Å². The molecule has 2 aliphatic rings. The van der Waals surface area contributed by atoms with Gasteiger partial charge in [-0.3, -0.25) is 14.9 Å². The molecule has 2 aromatic rings. The van der Waals surface area contributed by atoms with E-state index in [1.54, 1.807) is 37.4 Å². The Morgan fingerprint density at radius 1 is 1.24 bits per heavy atom. The van der Waals surface area contributed by atoms with E-state index in [4.69, 9.17) is 21.1 Å². The van der Waals surface area contributed by atoms with Gasteiger partial charge in [-0.2, -0.15) is 0 Å². The maximum Gasteiger partial charge on any atom is 0.250 e. The van der Waals surface area contributed by atoms with Crippen LogP contribution in [0.5, 0.6) is 11.5 Å². The number of carbonyl (C=O) groups is 2. The van der Waals surface area contributed by atoms with Crippen molar-refractivity contribution in [3.63, 3.8) is 0 Å². The summed E-state index contributed by atoms with van der Waals surface area (Å²) in [7, 11) is 3.08. The maximum atomic E-state index is 13.4. The molecule has 0 aromatic heterocycles. The van der Waals surface area contributed by atoms with Crippen LogP contribution < -0.4 is 25.4 Å². The van der Waals surface area contributed by atoms with Gasteiger partial charge in [0.1, 0.15) is 17.0 Å². The number of fused-ring (bicyclic) bond motifs is 2. The molecule has 1 fully saturated rings. The number of para-hydroxylation sites is 1. The Balaban J connectivity index is 1.73. The Labute approximate surface area is 173 Å². The van der Waals surface area contributed by atoms with Gasteiger partial charge in [0.15, 0.2) is 0 Å². The van der Waals surface area contributed by atoms with Gasteiger partial charge in [-0.05, 0) is 31.5 Å². The van der Waals surface area contributed by atoms with Gasteiger partial charge in [-0.1, -0.05) is 23.7 Å². The summed E-state index contributed by atoms with van der Waals surface area (Å²) in [6, 6.07) is 10.5. The Kier molecular flexibility index (Phi) is 4.88. The number of amides is 2. The molecule has 2 aliphatic heterocycles. The normalized spacial score (nSPS) is 24.9. The summed E-state index contributed by atoms with van der Waals surface area (Å²) in [6.45, 7) is 1.96. The molecule has 1 saturated heterocycles. The number of methoxy groups -OCH3 is 2. The van der Waals surface area contributed by atoms with Crippen LogP contribution in [0.4, 0.5) is 11.4 Å². The molecule has 7 nitrogen and oxygen atoms in total. The molecule has 0 radical (unpaired) electrons. The lowest BCUT2D eigenvalue weighted by molar-refractivity contribution is -0.130. The summed E-state index contributed by atoms with van der Waals surface area (Å²) in [6.07, 6.45) is 0.498. The van der Waals surface area contributed by atoms with Crippen molar-refractivity contribution in [2.24, 2.45) is 5.92 Å². The van der Waals surface area contributed by atoms with Gasteiger partial charge in [0.05, 0.1) is 36.5 Å². The monoisotopic (exact) mass is 415 g/mol. The molecular formula is C21H22ClN3O4.